The van der Waals surface area contributed by atoms with Gasteiger partial charge in [0.1, 0.15) is 23.0 Å². The maximum absolute atomic E-state index is 11.9. The fraction of sp³-hybridized carbons (Fsp3) is 0.208. The van der Waals surface area contributed by atoms with Crippen LogP contribution in [0.4, 0.5) is 11.6 Å². The second kappa shape index (κ2) is 8.47. The number of benzene rings is 2. The monoisotopic (exact) mass is 457 g/mol. The molecule has 1 aliphatic rings. The molecule has 0 saturated heterocycles. The minimum absolute atomic E-state index is 0.314. The first-order valence-corrected chi connectivity index (χ1v) is 11.0. The van der Waals surface area contributed by atoms with Crippen LogP contribution >= 0.6 is 0 Å². The first-order valence-electron chi connectivity index (χ1n) is 11.0. The van der Waals surface area contributed by atoms with E-state index in [1.165, 1.54) is 0 Å². The Labute approximate surface area is 196 Å². The van der Waals surface area contributed by atoms with Crippen molar-refractivity contribution in [2.45, 2.75) is 19.9 Å². The number of aromatic nitrogens is 2. The third-order valence-corrected chi connectivity index (χ3v) is 6.13. The lowest BCUT2D eigenvalue weighted by Crippen LogP contribution is -2.30. The number of hydrogen-bond donors (Lipinski definition) is 4. The number of anilines is 2. The Morgan fingerprint density at radius 1 is 1.24 bits per heavy atom. The normalized spacial score (nSPS) is 12.8. The Balaban J connectivity index is 1.58. The number of aryl methyl sites for hydroxylation is 1. The van der Waals surface area contributed by atoms with Crippen molar-refractivity contribution in [3.05, 3.63) is 64.9 Å². The van der Waals surface area contributed by atoms with Gasteiger partial charge >= 0.3 is 7.12 Å². The molecule has 0 spiro atoms. The number of hydrogen-bond acceptors (Lipinski definition) is 8. The number of nitrogens with zero attached hydrogens (tertiary/aromatic N) is 3. The average molecular weight is 457 g/mol. The van der Waals surface area contributed by atoms with Gasteiger partial charge in [-0.15, -0.1) is 0 Å². The van der Waals surface area contributed by atoms with Crippen molar-refractivity contribution >= 4 is 41.1 Å². The maximum atomic E-state index is 11.9. The van der Waals surface area contributed by atoms with Gasteiger partial charge in [-0.1, -0.05) is 36.4 Å². The topological polar surface area (TPSA) is 138 Å². The molecule has 0 saturated carbocycles. The highest BCUT2D eigenvalue weighted by Gasteiger charge is 2.26. The maximum Gasteiger partial charge on any atom is 0.488 e. The molecule has 0 bridgehead atoms. The summed E-state index contributed by atoms with van der Waals surface area (Å²) < 4.78 is 5.93. The zero-order chi connectivity index (χ0) is 24.0. The molecule has 9 nitrogen and oxygen atoms in total. The van der Waals surface area contributed by atoms with Crippen LogP contribution in [0.15, 0.2) is 46.9 Å². The lowest BCUT2D eigenvalue weighted by Gasteiger charge is -2.15. The number of carbonyl (C=O) groups is 1. The number of likely N-dealkylation sites (N-methyl/N-ethyl adjacent to an activating group) is 1. The van der Waals surface area contributed by atoms with E-state index >= 15 is 0 Å². The van der Waals surface area contributed by atoms with Gasteiger partial charge in [0.15, 0.2) is 5.82 Å². The number of nitrogens with one attached hydrogen (secondary N) is 1. The summed E-state index contributed by atoms with van der Waals surface area (Å²) in [6.45, 7) is 3.09. The van der Waals surface area contributed by atoms with E-state index in [2.05, 4.69) is 10.2 Å². The number of amides is 1. The average Bonchev–Trinajstić information content (AvgIpc) is 3.36. The van der Waals surface area contributed by atoms with Gasteiger partial charge in [-0.05, 0) is 30.4 Å². The van der Waals surface area contributed by atoms with E-state index in [1.54, 1.807) is 30.3 Å². The molecule has 1 amide bonds. The first-order chi connectivity index (χ1) is 16.3. The molecule has 10 heteroatoms. The van der Waals surface area contributed by atoms with Crippen molar-refractivity contribution in [1.82, 2.24) is 9.97 Å². The van der Waals surface area contributed by atoms with Crippen molar-refractivity contribution in [3.8, 4) is 11.4 Å². The number of furan rings is 1. The number of fused-ring (bicyclic) bond motifs is 2. The van der Waals surface area contributed by atoms with Crippen molar-refractivity contribution in [3.63, 3.8) is 0 Å². The van der Waals surface area contributed by atoms with Crippen molar-refractivity contribution in [2.75, 3.05) is 23.8 Å². The van der Waals surface area contributed by atoms with Gasteiger partial charge in [-0.3, -0.25) is 4.79 Å². The van der Waals surface area contributed by atoms with Crippen molar-refractivity contribution < 1.29 is 19.3 Å². The van der Waals surface area contributed by atoms with Crippen LogP contribution in [-0.2, 0) is 13.0 Å². The molecule has 1 aliphatic heterocycles. The largest absolute Gasteiger partial charge is 0.488 e. The van der Waals surface area contributed by atoms with E-state index in [4.69, 9.17) is 20.1 Å². The molecule has 5 rings (SSSR count). The molecule has 0 aliphatic carbocycles. The van der Waals surface area contributed by atoms with E-state index in [0.717, 1.165) is 40.9 Å². The van der Waals surface area contributed by atoms with Crippen LogP contribution in [-0.4, -0.2) is 46.6 Å². The molecule has 2 aromatic heterocycles. The van der Waals surface area contributed by atoms with Crippen molar-refractivity contribution in [2.24, 2.45) is 5.73 Å². The van der Waals surface area contributed by atoms with Crippen LogP contribution in [0.2, 0.25) is 0 Å². The Kier molecular flexibility index (Phi) is 5.47. The van der Waals surface area contributed by atoms with Crippen LogP contribution in [0.25, 0.3) is 22.4 Å². The van der Waals surface area contributed by atoms with Crippen molar-refractivity contribution in [1.29, 1.82) is 0 Å². The van der Waals surface area contributed by atoms with E-state index in [9.17, 15) is 14.8 Å². The Bertz CT molecular complexity index is 1420. The molecule has 0 unspecified atom stereocenters. The summed E-state index contributed by atoms with van der Waals surface area (Å²) in [5.74, 6) is 2.08. The van der Waals surface area contributed by atoms with Crippen LogP contribution in [0.1, 0.15) is 27.2 Å². The van der Waals surface area contributed by atoms with Gasteiger partial charge in [0.05, 0.1) is 11.1 Å². The zero-order valence-corrected chi connectivity index (χ0v) is 18.9. The van der Waals surface area contributed by atoms with Gasteiger partial charge in [0.2, 0.25) is 0 Å². The highest BCUT2D eigenvalue weighted by atomic mass is 16.4. The predicted octanol–water partition coefficient (Wildman–Crippen LogP) is 1.58. The SMILES string of the molecule is Cc1oc2c(C(N)=O)cccc2c1-c1nc(NCc2cccc(B(O)O)c2)c2c(n1)N(C)CC2. The lowest BCUT2D eigenvalue weighted by atomic mass is 9.79. The molecule has 2 aromatic carbocycles. The van der Waals surface area contributed by atoms with E-state index in [1.807, 2.05) is 26.1 Å². The molecule has 172 valence electrons. The Morgan fingerprint density at radius 3 is 2.79 bits per heavy atom. The summed E-state index contributed by atoms with van der Waals surface area (Å²) >= 11 is 0. The van der Waals surface area contributed by atoms with Gasteiger partial charge in [0.25, 0.3) is 5.91 Å². The van der Waals surface area contributed by atoms with Gasteiger partial charge in [-0.25, -0.2) is 9.97 Å². The second-order valence-electron chi connectivity index (χ2n) is 8.42. The summed E-state index contributed by atoms with van der Waals surface area (Å²) in [6.07, 6.45) is 0.806. The highest BCUT2D eigenvalue weighted by molar-refractivity contribution is 6.58. The number of primary amides is 1. The van der Waals surface area contributed by atoms with Gasteiger partial charge in [-0.2, -0.15) is 0 Å². The van der Waals surface area contributed by atoms with E-state index < -0.39 is 13.0 Å². The molecular weight excluding hydrogens is 433 g/mol. The molecule has 0 fully saturated rings. The highest BCUT2D eigenvalue weighted by Crippen LogP contribution is 2.38. The minimum atomic E-state index is -1.52. The Morgan fingerprint density at radius 2 is 2.03 bits per heavy atom. The van der Waals surface area contributed by atoms with E-state index in [0.29, 0.717) is 40.6 Å². The van der Waals surface area contributed by atoms with Crippen LogP contribution in [0.3, 0.4) is 0 Å². The summed E-state index contributed by atoms with van der Waals surface area (Å²) in [5, 5.41) is 23.1. The third-order valence-electron chi connectivity index (χ3n) is 6.13. The molecule has 4 aromatic rings. The summed E-state index contributed by atoms with van der Waals surface area (Å²) in [4.78, 5) is 23.7. The fourth-order valence-electron chi connectivity index (χ4n) is 4.42. The molecule has 0 atom stereocenters. The number of carbonyl (C=O) groups excluding carboxylic acids is 1. The molecule has 3 heterocycles. The fourth-order valence-corrected chi connectivity index (χ4v) is 4.42. The van der Waals surface area contributed by atoms with Gasteiger partial charge < -0.3 is 30.4 Å². The standard InChI is InChI=1S/C24H24BN5O4/c1-13-19(16-7-4-8-17(21(26)31)20(16)34-13)23-28-22(18-9-10-30(2)24(18)29-23)27-12-14-5-3-6-15(11-14)25(32)33/h3-8,11,32-33H,9-10,12H2,1-2H3,(H2,26,31)(H,27,28,29). The van der Waals surface area contributed by atoms with Crippen LogP contribution < -0.4 is 21.4 Å². The third kappa shape index (κ3) is 3.76. The molecular formula is C24H24BN5O4. The number of nitrogens with two attached hydrogens (primary N) is 1. The molecule has 5 N–H and O–H groups in total. The van der Waals surface area contributed by atoms with Crippen LogP contribution in [0.5, 0.6) is 0 Å². The van der Waals surface area contributed by atoms with Gasteiger partial charge in [0, 0.05) is 31.1 Å². The summed E-state index contributed by atoms with van der Waals surface area (Å²) in [6, 6.07) is 12.4. The smallest absolute Gasteiger partial charge is 0.460 e. The second-order valence-corrected chi connectivity index (χ2v) is 8.42. The number of rotatable bonds is 6. The summed E-state index contributed by atoms with van der Waals surface area (Å²) in [7, 11) is 0.468. The van der Waals surface area contributed by atoms with Crippen LogP contribution in [0, 0.1) is 6.92 Å². The van der Waals surface area contributed by atoms with E-state index in [-0.39, 0.29) is 0 Å². The summed E-state index contributed by atoms with van der Waals surface area (Å²) in [5.41, 5.74) is 9.34. The minimum Gasteiger partial charge on any atom is -0.460 e. The Hall–Kier alpha value is -3.89. The first kappa shape index (κ1) is 21.9. The quantitative estimate of drug-likeness (QED) is 0.320. The predicted molar refractivity (Wildman–Crippen MR) is 131 cm³/mol. The zero-order valence-electron chi connectivity index (χ0n) is 18.9. The molecule has 34 heavy (non-hydrogen) atoms. The lowest BCUT2D eigenvalue weighted by molar-refractivity contribution is 0.100. The molecule has 0 radical (unpaired) electrons. The number of para-hydroxylation sites is 1.